The molecule has 2 fully saturated rings. The fourth-order valence-electron chi connectivity index (χ4n) is 4.90. The summed E-state index contributed by atoms with van der Waals surface area (Å²) in [6.45, 7) is 4.32. The molecule has 2 aliphatic heterocycles. The van der Waals surface area contributed by atoms with Gasteiger partial charge in [-0.05, 0) is 62.3 Å². The van der Waals surface area contributed by atoms with Crippen LogP contribution in [0.4, 0.5) is 9.52 Å². The fourth-order valence-corrected chi connectivity index (χ4v) is 6.00. The van der Waals surface area contributed by atoms with Gasteiger partial charge in [0.25, 0.3) is 0 Å². The van der Waals surface area contributed by atoms with Crippen LogP contribution < -0.4 is 10.2 Å². The molecule has 5 rings (SSSR count). The molecule has 1 aromatic heterocycles. The smallest absolute Gasteiger partial charge is 0.186 e. The molecule has 0 spiro atoms. The molecule has 0 amide bonds. The Morgan fingerprint density at radius 3 is 2.64 bits per heavy atom. The van der Waals surface area contributed by atoms with Gasteiger partial charge in [-0.25, -0.2) is 14.4 Å². The van der Waals surface area contributed by atoms with E-state index < -0.39 is 0 Å². The number of aliphatic imine (C=N–C) groups is 1. The van der Waals surface area contributed by atoms with Gasteiger partial charge in [-0.2, -0.15) is 0 Å². The van der Waals surface area contributed by atoms with Crippen LogP contribution in [0.2, 0.25) is 0 Å². The number of halogens is 1. The Morgan fingerprint density at radius 1 is 1.06 bits per heavy atom. The SMILES string of the molecule is CC1CCN(c2nc(-c3ccccc3F)c(C3=NC(NC4CCCCC4)=CCC=C3)s2)CC1. The summed E-state index contributed by atoms with van der Waals surface area (Å²) >= 11 is 1.65. The number of aromatic nitrogens is 1. The lowest BCUT2D eigenvalue weighted by Gasteiger charge is -2.29. The Hall–Kier alpha value is -2.47. The highest BCUT2D eigenvalue weighted by atomic mass is 32.1. The van der Waals surface area contributed by atoms with Crippen molar-refractivity contribution in [2.45, 2.75) is 64.3 Å². The van der Waals surface area contributed by atoms with Crippen molar-refractivity contribution >= 4 is 22.2 Å². The van der Waals surface area contributed by atoms with E-state index in [2.05, 4.69) is 35.4 Å². The summed E-state index contributed by atoms with van der Waals surface area (Å²) in [5, 5.41) is 4.65. The summed E-state index contributed by atoms with van der Waals surface area (Å²) in [4.78, 5) is 13.3. The molecule has 0 bridgehead atoms. The molecule has 174 valence electrons. The first-order chi connectivity index (χ1) is 16.2. The van der Waals surface area contributed by atoms with Gasteiger partial charge in [0.05, 0.1) is 16.3 Å². The molecule has 2 aromatic rings. The van der Waals surface area contributed by atoms with Crippen LogP contribution >= 0.6 is 11.3 Å². The molecule has 1 N–H and O–H groups in total. The predicted octanol–water partition coefficient (Wildman–Crippen LogP) is 6.70. The summed E-state index contributed by atoms with van der Waals surface area (Å²) in [5.74, 6) is 1.44. The Kier molecular flexibility index (Phi) is 6.91. The summed E-state index contributed by atoms with van der Waals surface area (Å²) in [5.41, 5.74) is 2.12. The van der Waals surface area contributed by atoms with Gasteiger partial charge < -0.3 is 10.2 Å². The lowest BCUT2D eigenvalue weighted by molar-refractivity contribution is 0.395. The van der Waals surface area contributed by atoms with E-state index in [0.717, 1.165) is 47.0 Å². The molecule has 1 saturated heterocycles. The van der Waals surface area contributed by atoms with Gasteiger partial charge in [0.15, 0.2) is 5.13 Å². The second-order valence-electron chi connectivity index (χ2n) is 9.53. The number of anilines is 1. The zero-order chi connectivity index (χ0) is 22.6. The fraction of sp³-hybridized carbons (Fsp3) is 0.481. The number of rotatable bonds is 5. The topological polar surface area (TPSA) is 40.5 Å². The molecule has 0 radical (unpaired) electrons. The maximum Gasteiger partial charge on any atom is 0.186 e. The van der Waals surface area contributed by atoms with Crippen LogP contribution in [-0.2, 0) is 0 Å². The Labute approximate surface area is 200 Å². The molecule has 6 heteroatoms. The van der Waals surface area contributed by atoms with Crippen molar-refractivity contribution < 1.29 is 4.39 Å². The van der Waals surface area contributed by atoms with E-state index in [1.54, 1.807) is 17.4 Å². The van der Waals surface area contributed by atoms with E-state index in [4.69, 9.17) is 9.98 Å². The third-order valence-corrected chi connectivity index (χ3v) is 8.09. The molecular formula is C27H33FN4S. The van der Waals surface area contributed by atoms with Crippen LogP contribution in [-0.4, -0.2) is 29.8 Å². The molecule has 1 aromatic carbocycles. The molecule has 0 atom stereocenters. The Bertz CT molecular complexity index is 1060. The van der Waals surface area contributed by atoms with Crippen molar-refractivity contribution in [1.29, 1.82) is 0 Å². The van der Waals surface area contributed by atoms with Crippen molar-refractivity contribution in [3.63, 3.8) is 0 Å². The molecule has 3 heterocycles. The maximum absolute atomic E-state index is 14.9. The van der Waals surface area contributed by atoms with Crippen LogP contribution in [0, 0.1) is 11.7 Å². The lowest BCUT2D eigenvalue weighted by atomic mass is 9.95. The summed E-state index contributed by atoms with van der Waals surface area (Å²) in [7, 11) is 0. The van der Waals surface area contributed by atoms with E-state index in [1.807, 2.05) is 12.1 Å². The molecule has 1 aliphatic carbocycles. The first-order valence-corrected chi connectivity index (χ1v) is 13.2. The van der Waals surface area contributed by atoms with Crippen LogP contribution in [0.15, 0.2) is 53.3 Å². The van der Waals surface area contributed by atoms with Gasteiger partial charge in [0.2, 0.25) is 0 Å². The Balaban J connectivity index is 1.51. The number of thiazole rings is 1. The van der Waals surface area contributed by atoms with Crippen molar-refractivity contribution in [2.24, 2.45) is 10.9 Å². The molecule has 33 heavy (non-hydrogen) atoms. The van der Waals surface area contributed by atoms with E-state index >= 15 is 0 Å². The average molecular weight is 465 g/mol. The molecule has 3 aliphatic rings. The minimum absolute atomic E-state index is 0.239. The summed E-state index contributed by atoms with van der Waals surface area (Å²) in [6.07, 6.45) is 15.9. The number of piperidine rings is 1. The first-order valence-electron chi connectivity index (χ1n) is 12.4. The van der Waals surface area contributed by atoms with Crippen LogP contribution in [0.1, 0.15) is 63.2 Å². The van der Waals surface area contributed by atoms with E-state index in [0.29, 0.717) is 17.3 Å². The number of benzene rings is 1. The highest BCUT2D eigenvalue weighted by Gasteiger charge is 2.25. The van der Waals surface area contributed by atoms with Gasteiger partial charge in [-0.1, -0.05) is 55.7 Å². The quantitative estimate of drug-likeness (QED) is 0.535. The Morgan fingerprint density at radius 2 is 1.85 bits per heavy atom. The third-order valence-electron chi connectivity index (χ3n) is 6.95. The maximum atomic E-state index is 14.9. The minimum Gasteiger partial charge on any atom is -0.368 e. The molecule has 0 unspecified atom stereocenters. The summed E-state index contributed by atoms with van der Waals surface area (Å²) < 4.78 is 14.9. The largest absolute Gasteiger partial charge is 0.368 e. The van der Waals surface area contributed by atoms with E-state index in [1.165, 1.54) is 51.0 Å². The standard InChI is InChI=1S/C27H33FN4S/c1-19-15-17-32(18-16-19)27-31-25(21-11-5-6-12-22(21)28)26(33-27)23-13-7-8-14-24(30-23)29-20-9-3-2-4-10-20/h5-7,11-14,19-20,29H,2-4,8-10,15-18H2,1H3. The zero-order valence-corrected chi connectivity index (χ0v) is 20.2. The van der Waals surface area contributed by atoms with E-state index in [9.17, 15) is 4.39 Å². The molecular weight excluding hydrogens is 431 g/mol. The molecule has 1 saturated carbocycles. The highest BCUT2D eigenvalue weighted by molar-refractivity contribution is 7.18. The zero-order valence-electron chi connectivity index (χ0n) is 19.4. The van der Waals surface area contributed by atoms with Crippen LogP contribution in [0.5, 0.6) is 0 Å². The lowest BCUT2D eigenvalue weighted by Crippen LogP contribution is -2.32. The highest BCUT2D eigenvalue weighted by Crippen LogP contribution is 2.37. The number of hydrogen-bond donors (Lipinski definition) is 1. The van der Waals surface area contributed by atoms with Gasteiger partial charge >= 0.3 is 0 Å². The minimum atomic E-state index is -0.239. The second-order valence-corrected chi connectivity index (χ2v) is 10.5. The van der Waals surface area contributed by atoms with Gasteiger partial charge in [-0.15, -0.1) is 0 Å². The van der Waals surface area contributed by atoms with Crippen molar-refractivity contribution in [2.75, 3.05) is 18.0 Å². The number of nitrogens with zero attached hydrogens (tertiary/aromatic N) is 3. The summed E-state index contributed by atoms with van der Waals surface area (Å²) in [6, 6.07) is 7.45. The van der Waals surface area contributed by atoms with Gasteiger partial charge in [0.1, 0.15) is 11.6 Å². The van der Waals surface area contributed by atoms with Crippen molar-refractivity contribution in [1.82, 2.24) is 10.3 Å². The van der Waals surface area contributed by atoms with Crippen molar-refractivity contribution in [3.05, 3.63) is 59.0 Å². The number of nitrogens with one attached hydrogen (secondary N) is 1. The number of hydrogen-bond acceptors (Lipinski definition) is 5. The second kappa shape index (κ2) is 10.2. The first kappa shape index (κ1) is 22.3. The monoisotopic (exact) mass is 464 g/mol. The predicted molar refractivity (Wildman–Crippen MR) is 137 cm³/mol. The number of allylic oxidation sites excluding steroid dienone is 3. The molecule has 4 nitrogen and oxygen atoms in total. The van der Waals surface area contributed by atoms with Crippen LogP contribution in [0.3, 0.4) is 0 Å². The van der Waals surface area contributed by atoms with Gasteiger partial charge in [-0.3, -0.25) is 0 Å². The normalized spacial score (nSPS) is 20.4. The van der Waals surface area contributed by atoms with Crippen LogP contribution in [0.25, 0.3) is 11.3 Å². The van der Waals surface area contributed by atoms with E-state index in [-0.39, 0.29) is 5.82 Å². The third kappa shape index (κ3) is 5.21. The average Bonchev–Trinajstić information content (AvgIpc) is 3.14. The van der Waals surface area contributed by atoms with Crippen molar-refractivity contribution in [3.8, 4) is 11.3 Å². The van der Waals surface area contributed by atoms with Gasteiger partial charge in [0, 0.05) is 24.7 Å².